The molecule has 0 saturated carbocycles. The fourth-order valence-electron chi connectivity index (χ4n) is 2.63. The highest BCUT2D eigenvalue weighted by Crippen LogP contribution is 2.33. The molecule has 1 heterocycles. The Labute approximate surface area is 95.0 Å². The predicted octanol–water partition coefficient (Wildman–Crippen LogP) is 2.24. The predicted molar refractivity (Wildman–Crippen MR) is 58.0 cm³/mol. The minimum absolute atomic E-state index is 0.0497. The van der Waals surface area contributed by atoms with Crippen molar-refractivity contribution in [2.45, 2.75) is 45.5 Å². The number of rotatable bonds is 2. The fourth-order valence-corrected chi connectivity index (χ4v) is 2.63. The third-order valence-electron chi connectivity index (χ3n) is 3.64. The van der Waals surface area contributed by atoms with Gasteiger partial charge in [0.2, 0.25) is 0 Å². The van der Waals surface area contributed by atoms with Crippen LogP contribution in [-0.2, 0) is 0 Å². The standard InChI is InChI=1S/C11H21F3N2/c1-7-4-8(2)9(3)16(6-7)10(5-15)11(12,13)14/h7-10H,4-6,15H2,1-3H3. The summed E-state index contributed by atoms with van der Waals surface area (Å²) in [6, 6.07) is -1.54. The number of piperidine rings is 1. The summed E-state index contributed by atoms with van der Waals surface area (Å²) < 4.78 is 38.4. The van der Waals surface area contributed by atoms with Gasteiger partial charge >= 0.3 is 6.18 Å². The largest absolute Gasteiger partial charge is 0.405 e. The average Bonchev–Trinajstić information content (AvgIpc) is 2.11. The summed E-state index contributed by atoms with van der Waals surface area (Å²) in [6.07, 6.45) is -3.23. The van der Waals surface area contributed by atoms with E-state index < -0.39 is 12.2 Å². The van der Waals surface area contributed by atoms with Crippen molar-refractivity contribution >= 4 is 0 Å². The first kappa shape index (κ1) is 13.8. The number of nitrogens with two attached hydrogens (primary N) is 1. The van der Waals surface area contributed by atoms with Crippen molar-refractivity contribution in [3.63, 3.8) is 0 Å². The molecule has 0 amide bonds. The summed E-state index contributed by atoms with van der Waals surface area (Å²) >= 11 is 0. The number of alkyl halides is 3. The van der Waals surface area contributed by atoms with E-state index in [9.17, 15) is 13.2 Å². The molecule has 0 aliphatic carbocycles. The molecule has 1 aliphatic rings. The van der Waals surface area contributed by atoms with Crippen molar-refractivity contribution in [3.05, 3.63) is 0 Å². The van der Waals surface area contributed by atoms with Crippen molar-refractivity contribution < 1.29 is 13.2 Å². The third kappa shape index (κ3) is 2.88. The monoisotopic (exact) mass is 238 g/mol. The quantitative estimate of drug-likeness (QED) is 0.799. The molecule has 0 aromatic heterocycles. The van der Waals surface area contributed by atoms with Crippen LogP contribution in [0.25, 0.3) is 0 Å². The molecule has 4 atom stereocenters. The Morgan fingerprint density at radius 1 is 1.31 bits per heavy atom. The van der Waals surface area contributed by atoms with Gasteiger partial charge in [0.1, 0.15) is 6.04 Å². The lowest BCUT2D eigenvalue weighted by molar-refractivity contribution is -0.194. The number of likely N-dealkylation sites (tertiary alicyclic amines) is 1. The van der Waals surface area contributed by atoms with E-state index in [0.717, 1.165) is 6.42 Å². The number of halogens is 3. The molecule has 0 aromatic rings. The van der Waals surface area contributed by atoms with Crippen molar-refractivity contribution in [2.24, 2.45) is 17.6 Å². The molecule has 1 saturated heterocycles. The van der Waals surface area contributed by atoms with Crippen LogP contribution in [0.2, 0.25) is 0 Å². The topological polar surface area (TPSA) is 29.3 Å². The van der Waals surface area contributed by atoms with E-state index in [4.69, 9.17) is 5.73 Å². The van der Waals surface area contributed by atoms with Crippen LogP contribution in [0, 0.1) is 11.8 Å². The molecule has 2 N–H and O–H groups in total. The summed E-state index contributed by atoms with van der Waals surface area (Å²) in [5, 5.41) is 0. The minimum atomic E-state index is -4.22. The number of nitrogens with zero attached hydrogens (tertiary/aromatic N) is 1. The zero-order valence-electron chi connectivity index (χ0n) is 10.1. The summed E-state index contributed by atoms with van der Waals surface area (Å²) in [5.74, 6) is 0.600. The van der Waals surface area contributed by atoms with E-state index in [2.05, 4.69) is 0 Å². The highest BCUT2D eigenvalue weighted by Gasteiger charge is 2.46. The van der Waals surface area contributed by atoms with Gasteiger partial charge in [0.25, 0.3) is 0 Å². The van der Waals surface area contributed by atoms with Gasteiger partial charge in [-0.15, -0.1) is 0 Å². The van der Waals surface area contributed by atoms with Crippen molar-refractivity contribution in [1.82, 2.24) is 4.90 Å². The van der Waals surface area contributed by atoms with Gasteiger partial charge in [0.05, 0.1) is 0 Å². The van der Waals surface area contributed by atoms with Crippen molar-refractivity contribution in [3.8, 4) is 0 Å². The zero-order valence-corrected chi connectivity index (χ0v) is 10.1. The van der Waals surface area contributed by atoms with Crippen LogP contribution in [0.15, 0.2) is 0 Å². The molecule has 0 spiro atoms. The van der Waals surface area contributed by atoms with E-state index in [1.54, 1.807) is 0 Å². The molecule has 4 unspecified atom stereocenters. The number of hydrogen-bond donors (Lipinski definition) is 1. The third-order valence-corrected chi connectivity index (χ3v) is 3.64. The van der Waals surface area contributed by atoms with Gasteiger partial charge in [0.15, 0.2) is 0 Å². The Morgan fingerprint density at radius 2 is 1.88 bits per heavy atom. The van der Waals surface area contributed by atoms with E-state index in [-0.39, 0.29) is 12.6 Å². The molecule has 2 nitrogen and oxygen atoms in total. The summed E-state index contributed by atoms with van der Waals surface area (Å²) in [4.78, 5) is 1.53. The molecule has 0 bridgehead atoms. The first-order valence-corrected chi connectivity index (χ1v) is 5.79. The van der Waals surface area contributed by atoms with Gasteiger partial charge in [-0.05, 0) is 25.2 Å². The van der Waals surface area contributed by atoms with Crippen LogP contribution in [-0.4, -0.2) is 36.2 Å². The van der Waals surface area contributed by atoms with Crippen LogP contribution in [0.3, 0.4) is 0 Å². The second-order valence-corrected chi connectivity index (χ2v) is 5.05. The number of hydrogen-bond acceptors (Lipinski definition) is 2. The Balaban J connectivity index is 2.83. The van der Waals surface area contributed by atoms with E-state index in [1.807, 2.05) is 20.8 Å². The molecule has 96 valence electrons. The molecule has 16 heavy (non-hydrogen) atoms. The lowest BCUT2D eigenvalue weighted by atomic mass is 9.85. The maximum atomic E-state index is 12.8. The van der Waals surface area contributed by atoms with E-state index in [1.165, 1.54) is 4.90 Å². The minimum Gasteiger partial charge on any atom is -0.329 e. The van der Waals surface area contributed by atoms with Crippen LogP contribution >= 0.6 is 0 Å². The second kappa shape index (κ2) is 4.92. The Bertz CT molecular complexity index is 230. The summed E-state index contributed by atoms with van der Waals surface area (Å²) in [6.45, 7) is 6.02. The lowest BCUT2D eigenvalue weighted by Gasteiger charge is -2.45. The van der Waals surface area contributed by atoms with Gasteiger partial charge in [-0.3, -0.25) is 4.90 Å². The first-order valence-electron chi connectivity index (χ1n) is 5.79. The molecule has 0 radical (unpaired) electrons. The maximum absolute atomic E-state index is 12.8. The van der Waals surface area contributed by atoms with Crippen LogP contribution < -0.4 is 5.73 Å². The summed E-state index contributed by atoms with van der Waals surface area (Å²) in [7, 11) is 0. The van der Waals surface area contributed by atoms with Crippen LogP contribution in [0.1, 0.15) is 27.2 Å². The second-order valence-electron chi connectivity index (χ2n) is 5.05. The zero-order chi connectivity index (χ0) is 12.5. The fraction of sp³-hybridized carbons (Fsp3) is 1.00. The van der Waals surface area contributed by atoms with Gasteiger partial charge in [-0.2, -0.15) is 13.2 Å². The molecule has 1 aliphatic heterocycles. The Hall–Kier alpha value is -0.290. The Kier molecular flexibility index (Phi) is 4.23. The van der Waals surface area contributed by atoms with Gasteiger partial charge in [0, 0.05) is 19.1 Å². The molecule has 1 rings (SSSR count). The smallest absolute Gasteiger partial charge is 0.329 e. The van der Waals surface area contributed by atoms with Gasteiger partial charge in [-0.25, -0.2) is 0 Å². The molecule has 0 aromatic carbocycles. The first-order chi connectivity index (χ1) is 7.27. The van der Waals surface area contributed by atoms with Crippen molar-refractivity contribution in [2.75, 3.05) is 13.1 Å². The van der Waals surface area contributed by atoms with Crippen LogP contribution in [0.4, 0.5) is 13.2 Å². The van der Waals surface area contributed by atoms with Gasteiger partial charge in [-0.1, -0.05) is 13.8 Å². The lowest BCUT2D eigenvalue weighted by Crippen LogP contribution is -2.58. The highest BCUT2D eigenvalue weighted by molar-refractivity contribution is 4.90. The SMILES string of the molecule is CC1CC(C)C(C)N(C(CN)C(F)(F)F)C1. The van der Waals surface area contributed by atoms with E-state index in [0.29, 0.717) is 18.4 Å². The molecule has 5 heteroatoms. The maximum Gasteiger partial charge on any atom is 0.405 e. The molecular weight excluding hydrogens is 217 g/mol. The normalized spacial score (nSPS) is 35.1. The highest BCUT2D eigenvalue weighted by atomic mass is 19.4. The summed E-state index contributed by atoms with van der Waals surface area (Å²) in [5.41, 5.74) is 5.28. The molecular formula is C11H21F3N2. The Morgan fingerprint density at radius 3 is 2.31 bits per heavy atom. The molecule has 1 fully saturated rings. The van der Waals surface area contributed by atoms with Gasteiger partial charge < -0.3 is 5.73 Å². The van der Waals surface area contributed by atoms with E-state index >= 15 is 0 Å². The average molecular weight is 238 g/mol. The van der Waals surface area contributed by atoms with Crippen molar-refractivity contribution in [1.29, 1.82) is 0 Å². The van der Waals surface area contributed by atoms with Crippen LogP contribution in [0.5, 0.6) is 0 Å².